The van der Waals surface area contributed by atoms with Gasteiger partial charge in [-0.25, -0.2) is 4.98 Å². The van der Waals surface area contributed by atoms with E-state index in [1.54, 1.807) is 0 Å². The van der Waals surface area contributed by atoms with Crippen molar-refractivity contribution in [3.8, 4) is 0 Å². The summed E-state index contributed by atoms with van der Waals surface area (Å²) in [6.07, 6.45) is 3.32. The molecule has 1 heterocycles. The molecule has 0 amide bonds. The zero-order valence-corrected chi connectivity index (χ0v) is 12.9. The van der Waals surface area contributed by atoms with Gasteiger partial charge in [-0.3, -0.25) is 0 Å². The number of hydrogen-bond donors (Lipinski definition) is 2. The van der Waals surface area contributed by atoms with Crippen LogP contribution < -0.4 is 10.6 Å². The number of nitrogens with zero attached hydrogens (tertiary/aromatic N) is 1. The van der Waals surface area contributed by atoms with Gasteiger partial charge in [0.15, 0.2) is 0 Å². The zero-order chi connectivity index (χ0) is 14.1. The number of anilines is 1. The zero-order valence-electron chi connectivity index (χ0n) is 12.9. The molecule has 0 aromatic carbocycles. The van der Waals surface area contributed by atoms with Crippen molar-refractivity contribution in [1.29, 1.82) is 0 Å². The Morgan fingerprint density at radius 3 is 2.58 bits per heavy atom. The first-order valence-corrected chi connectivity index (χ1v) is 7.60. The van der Waals surface area contributed by atoms with E-state index in [1.807, 2.05) is 0 Å². The molecule has 0 radical (unpaired) electrons. The number of pyridine rings is 1. The van der Waals surface area contributed by atoms with E-state index in [0.717, 1.165) is 44.7 Å². The van der Waals surface area contributed by atoms with E-state index in [9.17, 15) is 0 Å². The van der Waals surface area contributed by atoms with Gasteiger partial charge in [0.25, 0.3) is 0 Å². The fraction of sp³-hybridized carbons (Fsp3) is 0.688. The average molecular weight is 263 g/mol. The van der Waals surface area contributed by atoms with Crippen LogP contribution in [0.3, 0.4) is 0 Å². The highest BCUT2D eigenvalue weighted by atomic mass is 15.0. The number of hydrogen-bond acceptors (Lipinski definition) is 3. The Labute approximate surface area is 118 Å². The Morgan fingerprint density at radius 2 is 1.95 bits per heavy atom. The van der Waals surface area contributed by atoms with Crippen molar-refractivity contribution in [1.82, 2.24) is 10.3 Å². The van der Waals surface area contributed by atoms with Crippen LogP contribution in [0.4, 0.5) is 5.82 Å². The highest BCUT2D eigenvalue weighted by Crippen LogP contribution is 2.12. The van der Waals surface area contributed by atoms with Crippen molar-refractivity contribution in [2.24, 2.45) is 5.92 Å². The Kier molecular flexibility index (Phi) is 7.49. The van der Waals surface area contributed by atoms with Crippen LogP contribution in [0.2, 0.25) is 0 Å². The third-order valence-electron chi connectivity index (χ3n) is 2.88. The molecule has 19 heavy (non-hydrogen) atoms. The van der Waals surface area contributed by atoms with Crippen LogP contribution >= 0.6 is 0 Å². The van der Waals surface area contributed by atoms with Crippen LogP contribution in [0.5, 0.6) is 0 Å². The fourth-order valence-corrected chi connectivity index (χ4v) is 1.99. The topological polar surface area (TPSA) is 37.0 Å². The fourth-order valence-electron chi connectivity index (χ4n) is 1.99. The molecule has 0 saturated heterocycles. The molecular formula is C16H29N3. The van der Waals surface area contributed by atoms with Crippen LogP contribution in [0.1, 0.15) is 51.8 Å². The van der Waals surface area contributed by atoms with Gasteiger partial charge < -0.3 is 10.6 Å². The van der Waals surface area contributed by atoms with E-state index in [1.165, 1.54) is 11.3 Å². The van der Waals surface area contributed by atoms with Gasteiger partial charge in [-0.05, 0) is 43.0 Å². The maximum atomic E-state index is 4.66. The molecule has 2 N–H and O–H groups in total. The molecule has 0 aliphatic rings. The molecule has 0 atom stereocenters. The van der Waals surface area contributed by atoms with Crippen LogP contribution in [0.15, 0.2) is 12.1 Å². The Balaban J connectivity index is 2.68. The van der Waals surface area contributed by atoms with Crippen LogP contribution in [-0.2, 0) is 13.0 Å². The Hall–Kier alpha value is -1.09. The lowest BCUT2D eigenvalue weighted by Crippen LogP contribution is -2.19. The highest BCUT2D eigenvalue weighted by molar-refractivity contribution is 5.39. The van der Waals surface area contributed by atoms with Crippen LogP contribution in [0, 0.1) is 5.92 Å². The summed E-state index contributed by atoms with van der Waals surface area (Å²) in [5.41, 5.74) is 2.53. The molecule has 3 nitrogen and oxygen atoms in total. The maximum Gasteiger partial charge on any atom is 0.126 e. The maximum absolute atomic E-state index is 4.66. The minimum absolute atomic E-state index is 0.689. The van der Waals surface area contributed by atoms with E-state index in [0.29, 0.717) is 5.92 Å². The molecule has 0 bridgehead atoms. The quantitative estimate of drug-likeness (QED) is 0.715. The smallest absolute Gasteiger partial charge is 0.126 e. The summed E-state index contributed by atoms with van der Waals surface area (Å²) in [4.78, 5) is 4.66. The monoisotopic (exact) mass is 263 g/mol. The SMILES string of the molecule is CCCNc1cc(CNCC(C)C)cc(CCC)n1. The predicted molar refractivity (Wildman–Crippen MR) is 83.6 cm³/mol. The molecule has 1 rings (SSSR count). The summed E-state index contributed by atoms with van der Waals surface area (Å²) >= 11 is 0. The number of rotatable bonds is 9. The average Bonchev–Trinajstić information content (AvgIpc) is 2.36. The Bertz CT molecular complexity index is 361. The van der Waals surface area contributed by atoms with E-state index in [4.69, 9.17) is 0 Å². The van der Waals surface area contributed by atoms with Crippen molar-refractivity contribution in [2.75, 3.05) is 18.4 Å². The van der Waals surface area contributed by atoms with Gasteiger partial charge >= 0.3 is 0 Å². The minimum atomic E-state index is 0.689. The lowest BCUT2D eigenvalue weighted by atomic mass is 10.1. The van der Waals surface area contributed by atoms with E-state index < -0.39 is 0 Å². The molecule has 0 aliphatic carbocycles. The molecular weight excluding hydrogens is 234 g/mol. The van der Waals surface area contributed by atoms with Crippen molar-refractivity contribution < 1.29 is 0 Å². The van der Waals surface area contributed by atoms with Crippen molar-refractivity contribution >= 4 is 5.82 Å². The van der Waals surface area contributed by atoms with Crippen molar-refractivity contribution in [3.05, 3.63) is 23.4 Å². The molecule has 1 aromatic heterocycles. The standard InChI is InChI=1S/C16H29N3/c1-5-7-15-9-14(12-17-11-13(3)4)10-16(19-15)18-8-6-2/h9-10,13,17H,5-8,11-12H2,1-4H3,(H,18,19). The predicted octanol–water partition coefficient (Wildman–Crippen LogP) is 3.60. The van der Waals surface area contributed by atoms with Gasteiger partial charge in [0.1, 0.15) is 5.82 Å². The second-order valence-electron chi connectivity index (χ2n) is 5.55. The van der Waals surface area contributed by atoms with Crippen molar-refractivity contribution in [3.63, 3.8) is 0 Å². The number of nitrogens with one attached hydrogen (secondary N) is 2. The Morgan fingerprint density at radius 1 is 1.16 bits per heavy atom. The molecule has 1 aromatic rings. The second-order valence-corrected chi connectivity index (χ2v) is 5.55. The van der Waals surface area contributed by atoms with Gasteiger partial charge in [-0.2, -0.15) is 0 Å². The highest BCUT2D eigenvalue weighted by Gasteiger charge is 2.03. The molecule has 0 unspecified atom stereocenters. The lowest BCUT2D eigenvalue weighted by Gasteiger charge is -2.12. The molecule has 0 spiro atoms. The largest absolute Gasteiger partial charge is 0.370 e. The summed E-state index contributed by atoms with van der Waals surface area (Å²) in [6.45, 7) is 11.8. The molecule has 0 fully saturated rings. The van der Waals surface area contributed by atoms with E-state index >= 15 is 0 Å². The third kappa shape index (κ3) is 6.58. The number of aromatic nitrogens is 1. The summed E-state index contributed by atoms with van der Waals surface area (Å²) in [5.74, 6) is 1.71. The van der Waals surface area contributed by atoms with Gasteiger partial charge in [-0.15, -0.1) is 0 Å². The summed E-state index contributed by atoms with van der Waals surface area (Å²) in [5, 5.41) is 6.89. The summed E-state index contributed by atoms with van der Waals surface area (Å²) < 4.78 is 0. The first-order valence-electron chi connectivity index (χ1n) is 7.60. The lowest BCUT2D eigenvalue weighted by molar-refractivity contribution is 0.552. The second kappa shape index (κ2) is 8.92. The van der Waals surface area contributed by atoms with Crippen molar-refractivity contribution in [2.45, 2.75) is 53.5 Å². The van der Waals surface area contributed by atoms with E-state index in [-0.39, 0.29) is 0 Å². The third-order valence-corrected chi connectivity index (χ3v) is 2.88. The summed E-state index contributed by atoms with van der Waals surface area (Å²) in [7, 11) is 0. The molecule has 0 aliphatic heterocycles. The van der Waals surface area contributed by atoms with Gasteiger partial charge in [0, 0.05) is 18.8 Å². The molecule has 3 heteroatoms. The van der Waals surface area contributed by atoms with Crippen LogP contribution in [-0.4, -0.2) is 18.1 Å². The van der Waals surface area contributed by atoms with E-state index in [2.05, 4.69) is 55.4 Å². The van der Waals surface area contributed by atoms with Gasteiger partial charge in [0.05, 0.1) is 0 Å². The molecule has 108 valence electrons. The minimum Gasteiger partial charge on any atom is -0.370 e. The van der Waals surface area contributed by atoms with Crippen LogP contribution in [0.25, 0.3) is 0 Å². The summed E-state index contributed by atoms with van der Waals surface area (Å²) in [6, 6.07) is 4.40. The molecule has 0 saturated carbocycles. The first kappa shape index (κ1) is 16.0. The van der Waals surface area contributed by atoms with Gasteiger partial charge in [0.2, 0.25) is 0 Å². The normalized spacial score (nSPS) is 11.0. The van der Waals surface area contributed by atoms with Gasteiger partial charge in [-0.1, -0.05) is 34.1 Å². The number of aryl methyl sites for hydroxylation is 1. The first-order chi connectivity index (χ1) is 9.15.